The van der Waals surface area contributed by atoms with Crippen molar-refractivity contribution < 1.29 is 28.2 Å². The first-order valence-electron chi connectivity index (χ1n) is 11.0. The van der Waals surface area contributed by atoms with Gasteiger partial charge in [-0.05, 0) is 85.3 Å². The number of carbonyl (C=O) groups is 2. The maximum atomic E-state index is 13.1. The minimum atomic E-state index is -3.87. The molecule has 0 fully saturated rings. The number of aliphatic hydroxyl groups is 1. The van der Waals surface area contributed by atoms with Gasteiger partial charge in [0.15, 0.2) is 6.04 Å². The van der Waals surface area contributed by atoms with Crippen LogP contribution >= 0.6 is 11.6 Å². The minimum Gasteiger partial charge on any atom is -0.480 e. The maximum Gasteiger partial charge on any atom is 0.328 e. The van der Waals surface area contributed by atoms with Crippen LogP contribution in [0.15, 0.2) is 53.4 Å². The third-order valence-electron chi connectivity index (χ3n) is 5.74. The summed E-state index contributed by atoms with van der Waals surface area (Å²) in [5, 5.41) is 21.1. The van der Waals surface area contributed by atoms with Gasteiger partial charge in [0.1, 0.15) is 0 Å². The Morgan fingerprint density at radius 2 is 1.56 bits per heavy atom. The van der Waals surface area contributed by atoms with Crippen molar-refractivity contribution in [2.75, 3.05) is 11.3 Å². The van der Waals surface area contributed by atoms with Gasteiger partial charge in [-0.3, -0.25) is 9.52 Å². The molecule has 0 aliphatic carbocycles. The van der Waals surface area contributed by atoms with Crippen LogP contribution in [0.4, 0.5) is 5.69 Å². The second-order valence-electron chi connectivity index (χ2n) is 8.59. The van der Waals surface area contributed by atoms with Crippen molar-refractivity contribution >= 4 is 39.2 Å². The predicted molar refractivity (Wildman–Crippen MR) is 139 cm³/mol. The summed E-state index contributed by atoms with van der Waals surface area (Å²) in [6.45, 7) is 6.13. The number of hydrogen-bond acceptors (Lipinski definition) is 5. The van der Waals surface area contributed by atoms with Crippen LogP contribution in [0.25, 0.3) is 11.1 Å². The van der Waals surface area contributed by atoms with Crippen molar-refractivity contribution in [3.05, 3.63) is 81.4 Å². The number of carboxylic acids is 1. The fraction of sp³-hybridized carbons (Fsp3) is 0.231. The fourth-order valence-electron chi connectivity index (χ4n) is 3.92. The summed E-state index contributed by atoms with van der Waals surface area (Å²) in [5.74, 6) is -1.94. The Labute approximate surface area is 215 Å². The molecule has 0 radical (unpaired) electrons. The van der Waals surface area contributed by atoms with Crippen molar-refractivity contribution in [1.82, 2.24) is 5.32 Å². The summed E-state index contributed by atoms with van der Waals surface area (Å²) in [6, 6.07) is 12.1. The summed E-state index contributed by atoms with van der Waals surface area (Å²) in [6.07, 6.45) is 0. The van der Waals surface area contributed by atoms with Crippen LogP contribution in [0.3, 0.4) is 0 Å². The van der Waals surface area contributed by atoms with Crippen molar-refractivity contribution in [2.24, 2.45) is 0 Å². The number of nitrogens with one attached hydrogen (secondary N) is 2. The Bertz CT molecular complexity index is 1430. The molecule has 3 rings (SSSR count). The van der Waals surface area contributed by atoms with Gasteiger partial charge >= 0.3 is 5.97 Å². The third kappa shape index (κ3) is 5.87. The molecule has 0 aliphatic heterocycles. The SMILES string of the molecule is Cc1cc(S(=O)(=O)Nc2cccc(-c3cc(C)c(C(=O)N[C@@H](CO)C(=O)O)c(C)c3)c2)c(C)cc1Cl. The number of aliphatic carboxylic acids is 1. The lowest BCUT2D eigenvalue weighted by molar-refractivity contribution is -0.140. The summed E-state index contributed by atoms with van der Waals surface area (Å²) in [4.78, 5) is 23.9. The number of anilines is 1. The Balaban J connectivity index is 1.92. The number of carbonyl (C=O) groups excluding carboxylic acids is 1. The minimum absolute atomic E-state index is 0.138. The average molecular weight is 531 g/mol. The summed E-state index contributed by atoms with van der Waals surface area (Å²) in [7, 11) is -3.87. The van der Waals surface area contributed by atoms with E-state index < -0.39 is 34.5 Å². The van der Waals surface area contributed by atoms with Gasteiger partial charge in [0, 0.05) is 16.3 Å². The van der Waals surface area contributed by atoms with Gasteiger partial charge in [-0.15, -0.1) is 0 Å². The van der Waals surface area contributed by atoms with Crippen LogP contribution in [0, 0.1) is 27.7 Å². The molecular formula is C26H27ClN2O6S. The standard InChI is InChI=1S/C26H27ClN2O6S/c1-14-11-23(15(2)10-21(14)27)36(34,35)29-20-7-5-6-18(12-20)19-8-16(3)24(17(4)9-19)25(31)28-22(13-30)26(32)33/h5-12,22,29-30H,13H2,1-4H3,(H,28,31)(H,32,33)/t22-/m0/s1. The Morgan fingerprint density at radius 1 is 0.917 bits per heavy atom. The number of halogens is 1. The number of benzene rings is 3. The average Bonchev–Trinajstić information content (AvgIpc) is 2.78. The molecule has 0 spiro atoms. The number of aliphatic hydroxyl groups excluding tert-OH is 1. The first-order valence-corrected chi connectivity index (χ1v) is 12.9. The lowest BCUT2D eigenvalue weighted by Crippen LogP contribution is -2.43. The highest BCUT2D eigenvalue weighted by atomic mass is 35.5. The van der Waals surface area contributed by atoms with E-state index in [0.29, 0.717) is 38.5 Å². The fourth-order valence-corrected chi connectivity index (χ4v) is 5.50. The smallest absolute Gasteiger partial charge is 0.328 e. The molecule has 0 saturated heterocycles. The molecule has 10 heteroatoms. The van der Waals surface area contributed by atoms with Gasteiger partial charge in [0.25, 0.3) is 15.9 Å². The second kappa shape index (κ2) is 10.7. The number of sulfonamides is 1. The lowest BCUT2D eigenvalue weighted by atomic mass is 9.95. The maximum absolute atomic E-state index is 13.1. The topological polar surface area (TPSA) is 133 Å². The summed E-state index contributed by atoms with van der Waals surface area (Å²) >= 11 is 6.11. The largest absolute Gasteiger partial charge is 0.480 e. The van der Waals surface area contributed by atoms with E-state index in [9.17, 15) is 23.1 Å². The molecule has 3 aromatic rings. The quantitative estimate of drug-likeness (QED) is 0.345. The summed E-state index contributed by atoms with van der Waals surface area (Å²) < 4.78 is 28.7. The molecule has 3 aromatic carbocycles. The van der Waals surface area contributed by atoms with Crippen molar-refractivity contribution in [3.8, 4) is 11.1 Å². The van der Waals surface area contributed by atoms with E-state index in [1.165, 1.54) is 6.07 Å². The van der Waals surface area contributed by atoms with E-state index in [4.69, 9.17) is 16.7 Å². The monoisotopic (exact) mass is 530 g/mol. The second-order valence-corrected chi connectivity index (χ2v) is 10.6. The van der Waals surface area contributed by atoms with Crippen molar-refractivity contribution in [3.63, 3.8) is 0 Å². The third-order valence-corrected chi connectivity index (χ3v) is 7.67. The molecule has 0 aliphatic rings. The van der Waals surface area contributed by atoms with Crippen molar-refractivity contribution in [2.45, 2.75) is 38.6 Å². The molecule has 0 bridgehead atoms. The van der Waals surface area contributed by atoms with E-state index in [-0.39, 0.29) is 4.90 Å². The molecule has 36 heavy (non-hydrogen) atoms. The Hall–Kier alpha value is -3.40. The first kappa shape index (κ1) is 27.2. The molecule has 0 saturated carbocycles. The first-order chi connectivity index (χ1) is 16.8. The van der Waals surface area contributed by atoms with E-state index in [1.807, 2.05) is 6.07 Å². The highest BCUT2D eigenvalue weighted by Crippen LogP contribution is 2.30. The lowest BCUT2D eigenvalue weighted by Gasteiger charge is -2.16. The molecule has 0 heterocycles. The number of aryl methyl sites for hydroxylation is 4. The molecule has 8 nitrogen and oxygen atoms in total. The number of amides is 1. The molecule has 0 aromatic heterocycles. The molecule has 1 amide bonds. The number of carboxylic acid groups (broad SMARTS) is 1. The zero-order valence-electron chi connectivity index (χ0n) is 20.2. The highest BCUT2D eigenvalue weighted by molar-refractivity contribution is 7.92. The predicted octanol–water partition coefficient (Wildman–Crippen LogP) is 4.22. The van der Waals surface area contributed by atoms with Gasteiger partial charge in [-0.1, -0.05) is 35.9 Å². The number of rotatable bonds is 8. The molecule has 190 valence electrons. The highest BCUT2D eigenvalue weighted by Gasteiger charge is 2.22. The van der Waals surface area contributed by atoms with E-state index in [0.717, 1.165) is 11.1 Å². The normalized spacial score (nSPS) is 12.2. The van der Waals surface area contributed by atoms with Crippen LogP contribution in [-0.4, -0.2) is 43.2 Å². The van der Waals surface area contributed by atoms with Crippen molar-refractivity contribution in [1.29, 1.82) is 0 Å². The Kier molecular flexibility index (Phi) is 8.08. The van der Waals surface area contributed by atoms with Crippen LogP contribution in [0.1, 0.15) is 32.6 Å². The zero-order chi connectivity index (χ0) is 26.8. The van der Waals surface area contributed by atoms with Crippen LogP contribution < -0.4 is 10.0 Å². The molecule has 0 unspecified atom stereocenters. The van der Waals surface area contributed by atoms with Gasteiger partial charge in [0.2, 0.25) is 0 Å². The van der Waals surface area contributed by atoms with Crippen LogP contribution in [0.5, 0.6) is 0 Å². The van der Waals surface area contributed by atoms with Gasteiger partial charge in [-0.2, -0.15) is 0 Å². The van der Waals surface area contributed by atoms with Gasteiger partial charge in [-0.25, -0.2) is 13.2 Å². The molecule has 1 atom stereocenters. The van der Waals surface area contributed by atoms with E-state index in [2.05, 4.69) is 10.0 Å². The summed E-state index contributed by atoms with van der Waals surface area (Å²) in [5.41, 5.74) is 4.52. The van der Waals surface area contributed by atoms with Crippen LogP contribution in [0.2, 0.25) is 5.02 Å². The number of hydrogen-bond donors (Lipinski definition) is 4. The van der Waals surface area contributed by atoms with Gasteiger partial charge in [0.05, 0.1) is 11.5 Å². The zero-order valence-corrected chi connectivity index (χ0v) is 21.8. The van der Waals surface area contributed by atoms with E-state index in [1.54, 1.807) is 64.1 Å². The van der Waals surface area contributed by atoms with E-state index >= 15 is 0 Å². The Morgan fingerprint density at radius 3 is 2.14 bits per heavy atom. The van der Waals surface area contributed by atoms with Gasteiger partial charge < -0.3 is 15.5 Å². The molecule has 4 N–H and O–H groups in total. The van der Waals surface area contributed by atoms with Crippen LogP contribution in [-0.2, 0) is 14.8 Å². The molecular weight excluding hydrogens is 504 g/mol.